The van der Waals surface area contributed by atoms with Gasteiger partial charge in [-0.3, -0.25) is 0 Å². The highest BCUT2D eigenvalue weighted by atomic mass is 14.8. The second-order valence-electron chi connectivity index (χ2n) is 10.3. The Morgan fingerprint density at radius 2 is 1.51 bits per heavy atom. The van der Waals surface area contributed by atoms with Crippen LogP contribution >= 0.6 is 0 Å². The summed E-state index contributed by atoms with van der Waals surface area (Å²) in [4.78, 5) is 0. The molecule has 0 bridgehead atoms. The first-order valence-corrected chi connectivity index (χ1v) is 14.9. The van der Waals surface area contributed by atoms with Crippen LogP contribution in [0.15, 0.2) is 73.0 Å². The third-order valence-electron chi connectivity index (χ3n) is 6.30. The fourth-order valence-corrected chi connectivity index (χ4v) is 3.83. The highest BCUT2D eigenvalue weighted by Crippen LogP contribution is 2.37. The summed E-state index contributed by atoms with van der Waals surface area (Å²) in [6.07, 6.45) is 16.4. The molecule has 212 valence electrons. The van der Waals surface area contributed by atoms with Crippen molar-refractivity contribution in [2.45, 2.75) is 113 Å². The van der Waals surface area contributed by atoms with Crippen molar-refractivity contribution in [1.82, 2.24) is 0 Å². The minimum atomic E-state index is 0.707. The lowest BCUT2D eigenvalue weighted by atomic mass is 9.81. The van der Waals surface area contributed by atoms with Crippen LogP contribution < -0.4 is 11.1 Å². The Labute approximate surface area is 232 Å². The number of nitrogens with one attached hydrogen (secondary N) is 1. The Balaban J connectivity index is 0. The zero-order chi connectivity index (χ0) is 28.6. The van der Waals surface area contributed by atoms with Crippen molar-refractivity contribution in [3.8, 4) is 0 Å². The third kappa shape index (κ3) is 19.5. The molecule has 0 saturated heterocycles. The molecule has 1 aromatic carbocycles. The lowest BCUT2D eigenvalue weighted by molar-refractivity contribution is 0.369. The smallest absolute Gasteiger partial charge is 0.0342 e. The van der Waals surface area contributed by atoms with Gasteiger partial charge in [0.1, 0.15) is 0 Å². The van der Waals surface area contributed by atoms with Crippen molar-refractivity contribution in [2.75, 3.05) is 11.9 Å². The number of unbranched alkanes of at least 4 members (excludes halogenated alkanes) is 2. The molecular formula is C35H62N2. The Kier molecular flexibility index (Phi) is 24.1. The summed E-state index contributed by atoms with van der Waals surface area (Å²) in [5, 5.41) is 3.43. The topological polar surface area (TPSA) is 38.0 Å². The summed E-state index contributed by atoms with van der Waals surface area (Å²) in [5.74, 6) is 2.31. The van der Waals surface area contributed by atoms with Crippen LogP contribution in [0.4, 0.5) is 5.69 Å². The largest absolute Gasteiger partial charge is 0.402 e. The average Bonchev–Trinajstić information content (AvgIpc) is 3.67. The molecule has 0 atom stereocenters. The van der Waals surface area contributed by atoms with Gasteiger partial charge in [0.05, 0.1) is 0 Å². The minimum Gasteiger partial charge on any atom is -0.402 e. The van der Waals surface area contributed by atoms with Gasteiger partial charge < -0.3 is 11.1 Å². The van der Waals surface area contributed by atoms with Gasteiger partial charge >= 0.3 is 0 Å². The third-order valence-corrected chi connectivity index (χ3v) is 6.30. The lowest BCUT2D eigenvalue weighted by Gasteiger charge is -2.25. The van der Waals surface area contributed by atoms with E-state index in [1.165, 1.54) is 73.8 Å². The van der Waals surface area contributed by atoms with Crippen LogP contribution in [-0.4, -0.2) is 6.54 Å². The van der Waals surface area contributed by atoms with E-state index in [0.29, 0.717) is 11.8 Å². The molecule has 37 heavy (non-hydrogen) atoms. The molecule has 2 heteroatoms. The molecule has 0 heterocycles. The predicted molar refractivity (Wildman–Crippen MR) is 172 cm³/mol. The molecule has 0 spiro atoms. The predicted octanol–water partition coefficient (Wildman–Crippen LogP) is 10.9. The van der Waals surface area contributed by atoms with E-state index in [9.17, 15) is 0 Å². The van der Waals surface area contributed by atoms with Crippen LogP contribution in [-0.2, 0) is 6.42 Å². The van der Waals surface area contributed by atoms with E-state index in [1.807, 2.05) is 20.8 Å². The van der Waals surface area contributed by atoms with Crippen LogP contribution in [0.2, 0.25) is 0 Å². The van der Waals surface area contributed by atoms with E-state index in [4.69, 9.17) is 5.73 Å². The summed E-state index contributed by atoms with van der Waals surface area (Å²) in [7, 11) is 0. The van der Waals surface area contributed by atoms with Crippen LogP contribution in [0.5, 0.6) is 0 Å². The van der Waals surface area contributed by atoms with Crippen molar-refractivity contribution in [1.29, 1.82) is 0 Å². The summed E-state index contributed by atoms with van der Waals surface area (Å²) in [6, 6.07) is 8.76. The Hall–Kier alpha value is -2.22. The normalized spacial score (nSPS) is 14.7. The van der Waals surface area contributed by atoms with Gasteiger partial charge in [0.15, 0.2) is 0 Å². The summed E-state index contributed by atoms with van der Waals surface area (Å²) in [5.41, 5.74) is 12.2. The molecular weight excluding hydrogens is 448 g/mol. The van der Waals surface area contributed by atoms with E-state index < -0.39 is 0 Å². The van der Waals surface area contributed by atoms with Crippen molar-refractivity contribution in [3.63, 3.8) is 0 Å². The van der Waals surface area contributed by atoms with Crippen LogP contribution in [0.3, 0.4) is 0 Å². The van der Waals surface area contributed by atoms with Crippen LogP contribution in [0.1, 0.15) is 112 Å². The molecule has 2 nitrogen and oxygen atoms in total. The molecule has 3 rings (SSSR count). The number of hydrogen-bond acceptors (Lipinski definition) is 2. The first-order valence-electron chi connectivity index (χ1n) is 14.9. The highest BCUT2D eigenvalue weighted by Gasteiger charge is 2.25. The van der Waals surface area contributed by atoms with Gasteiger partial charge in [-0.2, -0.15) is 0 Å². The maximum Gasteiger partial charge on any atom is 0.0342 e. The molecule has 0 aromatic heterocycles. The van der Waals surface area contributed by atoms with Crippen LogP contribution in [0.25, 0.3) is 0 Å². The van der Waals surface area contributed by atoms with Gasteiger partial charge in [0.25, 0.3) is 0 Å². The quantitative estimate of drug-likeness (QED) is 0.242. The number of allylic oxidation sites excluding steroid dienone is 4. The van der Waals surface area contributed by atoms with E-state index in [1.54, 1.807) is 0 Å². The lowest BCUT2D eigenvalue weighted by Crippen LogP contribution is -2.10. The molecule has 0 aliphatic heterocycles. The van der Waals surface area contributed by atoms with Crippen molar-refractivity contribution in [2.24, 2.45) is 23.5 Å². The van der Waals surface area contributed by atoms with Gasteiger partial charge in [-0.05, 0) is 87.0 Å². The van der Waals surface area contributed by atoms with Gasteiger partial charge in [-0.25, -0.2) is 0 Å². The zero-order valence-corrected chi connectivity index (χ0v) is 26.0. The van der Waals surface area contributed by atoms with E-state index in [0.717, 1.165) is 24.6 Å². The Bertz CT molecular complexity index is 725. The highest BCUT2D eigenvalue weighted by molar-refractivity contribution is 5.45. The van der Waals surface area contributed by atoms with E-state index in [-0.39, 0.29) is 0 Å². The molecule has 2 saturated carbocycles. The average molecular weight is 511 g/mol. The van der Waals surface area contributed by atoms with Crippen molar-refractivity contribution in [3.05, 3.63) is 78.6 Å². The van der Waals surface area contributed by atoms with E-state index >= 15 is 0 Å². The second kappa shape index (κ2) is 24.1. The molecule has 0 unspecified atom stereocenters. The summed E-state index contributed by atoms with van der Waals surface area (Å²) in [6.45, 7) is 27.8. The first-order chi connectivity index (χ1) is 17.8. The van der Waals surface area contributed by atoms with Gasteiger partial charge in [0.2, 0.25) is 0 Å². The summed E-state index contributed by atoms with van der Waals surface area (Å²) >= 11 is 0. The van der Waals surface area contributed by atoms with Crippen LogP contribution in [0, 0.1) is 17.8 Å². The molecule has 0 amide bonds. The second-order valence-corrected chi connectivity index (χ2v) is 10.3. The van der Waals surface area contributed by atoms with Gasteiger partial charge in [0, 0.05) is 17.9 Å². The molecule has 2 aliphatic carbocycles. The van der Waals surface area contributed by atoms with Gasteiger partial charge in [-0.1, -0.05) is 104 Å². The van der Waals surface area contributed by atoms with E-state index in [2.05, 4.69) is 96.1 Å². The molecule has 2 aliphatic rings. The molecule has 2 fully saturated rings. The maximum absolute atomic E-state index is 5.94. The molecule has 3 N–H and O–H groups in total. The maximum atomic E-state index is 5.94. The SMILES string of the molecule is C/C(N)=C(/C=C\CNc1ccc(CC(C)C)cc1)C1CC1.C=C.C=C(C)C1CCC1.CC.CCCCC. The van der Waals surface area contributed by atoms with Crippen molar-refractivity contribution >= 4 is 5.69 Å². The minimum absolute atomic E-state index is 0.707. The fraction of sp³-hybridized carbons (Fsp3) is 0.600. The van der Waals surface area contributed by atoms with Crippen molar-refractivity contribution < 1.29 is 0 Å². The number of anilines is 1. The van der Waals surface area contributed by atoms with Gasteiger partial charge in [-0.15, -0.1) is 13.2 Å². The number of rotatable bonds is 10. The Morgan fingerprint density at radius 1 is 0.973 bits per heavy atom. The summed E-state index contributed by atoms with van der Waals surface area (Å²) < 4.78 is 0. The monoisotopic (exact) mass is 510 g/mol. The zero-order valence-electron chi connectivity index (χ0n) is 26.0. The molecule has 0 radical (unpaired) electrons. The fourth-order valence-electron chi connectivity index (χ4n) is 3.83. The number of nitrogens with two attached hydrogens (primary N) is 1. The Morgan fingerprint density at radius 3 is 1.81 bits per heavy atom. The number of benzene rings is 1. The number of hydrogen-bond donors (Lipinski definition) is 2. The first kappa shape index (κ1) is 36.9. The standard InChI is InChI=1S/C19H28N2.C7H12.C5H12.C2H6.C2H4/c1-14(2)13-16-6-10-18(11-7-16)21-12-4-5-19(15(3)20)17-8-9-17;1-6(2)7-4-3-5-7;1-3-5-4-2;2*1-2/h4-7,10-11,14,17,21H,8-9,12-13,20H2,1-3H3;7H,1,3-5H2,2H3;3-5H2,1-2H3;1-2H3;1-2H2/b5-4-,19-15+;;;;. The molecule has 1 aromatic rings.